The van der Waals surface area contributed by atoms with E-state index in [9.17, 15) is 9.18 Å². The molecule has 2 aromatic carbocycles. The van der Waals surface area contributed by atoms with Crippen molar-refractivity contribution >= 4 is 11.5 Å². The summed E-state index contributed by atoms with van der Waals surface area (Å²) in [5.41, 5.74) is 2.74. The van der Waals surface area contributed by atoms with Gasteiger partial charge in [0.2, 0.25) is 0 Å². The molecule has 0 fully saturated rings. The molecule has 0 spiro atoms. The summed E-state index contributed by atoms with van der Waals surface area (Å²) in [6.07, 6.45) is 4.70. The van der Waals surface area contributed by atoms with Gasteiger partial charge in [0.25, 0.3) is 0 Å². The number of halogens is 1. The number of unbranched alkanes of at least 4 members (excludes halogenated alkanes) is 4. The third kappa shape index (κ3) is 6.03. The van der Waals surface area contributed by atoms with Gasteiger partial charge in [0.05, 0.1) is 18.9 Å². The second kappa shape index (κ2) is 10.4. The molecule has 0 aliphatic heterocycles. The molecular weight excluding hydrogens is 331 g/mol. The number of rotatable bonds is 11. The normalized spacial score (nSPS) is 10.5. The van der Waals surface area contributed by atoms with Crippen LogP contribution < -0.4 is 4.74 Å². The highest BCUT2D eigenvalue weighted by atomic mass is 19.1. The van der Waals surface area contributed by atoms with Crippen LogP contribution in [0.5, 0.6) is 5.75 Å². The van der Waals surface area contributed by atoms with Crippen molar-refractivity contribution in [3.05, 3.63) is 60.7 Å². The highest BCUT2D eigenvalue weighted by molar-refractivity contribution is 6.14. The van der Waals surface area contributed by atoms with Crippen LogP contribution >= 0.6 is 0 Å². The second-order valence-electron chi connectivity index (χ2n) is 6.19. The van der Waals surface area contributed by atoms with Crippen LogP contribution in [0.2, 0.25) is 0 Å². The number of carboxylic acid groups (broad SMARTS) is 1. The van der Waals surface area contributed by atoms with Crippen LogP contribution in [-0.2, 0) is 4.79 Å². The van der Waals surface area contributed by atoms with Gasteiger partial charge < -0.3 is 9.84 Å². The van der Waals surface area contributed by atoms with E-state index in [1.807, 2.05) is 36.4 Å². The quantitative estimate of drug-likeness (QED) is 0.412. The summed E-state index contributed by atoms with van der Waals surface area (Å²) in [4.78, 5) is 10.9. The summed E-state index contributed by atoms with van der Waals surface area (Å²) in [5, 5.41) is 8.97. The monoisotopic (exact) mass is 356 g/mol. The van der Waals surface area contributed by atoms with Gasteiger partial charge in [-0.05, 0) is 41.7 Å². The zero-order chi connectivity index (χ0) is 18.8. The van der Waals surface area contributed by atoms with E-state index in [0.29, 0.717) is 18.6 Å². The van der Waals surface area contributed by atoms with E-state index in [1.54, 1.807) is 12.1 Å². The minimum atomic E-state index is -1.01. The van der Waals surface area contributed by atoms with E-state index in [1.165, 1.54) is 0 Å². The molecular formula is C22H25FO3. The average molecular weight is 356 g/mol. The molecule has 2 rings (SSSR count). The molecule has 1 N–H and O–H groups in total. The van der Waals surface area contributed by atoms with Crippen LogP contribution in [0.1, 0.15) is 37.7 Å². The third-order valence-electron chi connectivity index (χ3n) is 4.23. The van der Waals surface area contributed by atoms with E-state index in [2.05, 4.69) is 6.58 Å². The Morgan fingerprint density at radius 2 is 1.42 bits per heavy atom. The van der Waals surface area contributed by atoms with E-state index in [-0.39, 0.29) is 12.2 Å². The first-order valence-corrected chi connectivity index (χ1v) is 8.93. The van der Waals surface area contributed by atoms with Gasteiger partial charge >= 0.3 is 5.97 Å². The van der Waals surface area contributed by atoms with Crippen LogP contribution in [0.4, 0.5) is 4.39 Å². The van der Waals surface area contributed by atoms with Gasteiger partial charge in [-0.1, -0.05) is 62.2 Å². The highest BCUT2D eigenvalue weighted by Gasteiger charge is 2.07. The number of hydrogen-bond donors (Lipinski definition) is 1. The molecule has 138 valence electrons. The number of benzene rings is 2. The lowest BCUT2D eigenvalue weighted by atomic mass is 10.0. The maximum absolute atomic E-state index is 12.0. The van der Waals surface area contributed by atoms with Crippen molar-refractivity contribution < 1.29 is 19.0 Å². The van der Waals surface area contributed by atoms with Crippen molar-refractivity contribution in [1.29, 1.82) is 0 Å². The minimum Gasteiger partial charge on any atom is -0.494 e. The molecule has 0 saturated heterocycles. The highest BCUT2D eigenvalue weighted by Crippen LogP contribution is 2.24. The number of aliphatic carboxylic acids is 1. The second-order valence-corrected chi connectivity index (χ2v) is 6.19. The Balaban J connectivity index is 1.83. The molecule has 2 aromatic rings. The van der Waals surface area contributed by atoms with Crippen molar-refractivity contribution in [1.82, 2.24) is 0 Å². The van der Waals surface area contributed by atoms with Gasteiger partial charge in [-0.25, -0.2) is 4.79 Å². The van der Waals surface area contributed by atoms with Crippen molar-refractivity contribution in [2.75, 3.05) is 13.3 Å². The molecule has 0 unspecified atom stereocenters. The number of carboxylic acids is 1. The zero-order valence-electron chi connectivity index (χ0n) is 14.9. The first-order valence-electron chi connectivity index (χ1n) is 8.93. The molecule has 0 amide bonds. The molecule has 0 bridgehead atoms. The maximum atomic E-state index is 12.0. The van der Waals surface area contributed by atoms with Crippen LogP contribution in [0.15, 0.2) is 55.1 Å². The predicted molar refractivity (Wildman–Crippen MR) is 103 cm³/mol. The van der Waals surface area contributed by atoms with E-state index >= 15 is 0 Å². The molecule has 0 heterocycles. The number of alkyl halides is 1. The van der Waals surface area contributed by atoms with Gasteiger partial charge in [-0.2, -0.15) is 0 Å². The topological polar surface area (TPSA) is 46.5 Å². The fourth-order valence-electron chi connectivity index (χ4n) is 2.65. The largest absolute Gasteiger partial charge is 0.494 e. The SMILES string of the molecule is C=C(C(=O)O)c1ccc(-c2ccc(OCCCCCCCF)cc2)cc1. The summed E-state index contributed by atoms with van der Waals surface area (Å²) in [7, 11) is 0. The van der Waals surface area contributed by atoms with Crippen LogP contribution in [0, 0.1) is 0 Å². The minimum absolute atomic E-state index is 0.0880. The molecule has 26 heavy (non-hydrogen) atoms. The molecule has 0 saturated carbocycles. The fourth-order valence-corrected chi connectivity index (χ4v) is 2.65. The van der Waals surface area contributed by atoms with Gasteiger partial charge in [0, 0.05) is 0 Å². The maximum Gasteiger partial charge on any atom is 0.335 e. The van der Waals surface area contributed by atoms with E-state index < -0.39 is 5.97 Å². The Labute approximate surface area is 154 Å². The average Bonchev–Trinajstić information content (AvgIpc) is 2.67. The Kier molecular flexibility index (Phi) is 7.87. The fraction of sp³-hybridized carbons (Fsp3) is 0.318. The zero-order valence-corrected chi connectivity index (χ0v) is 14.9. The predicted octanol–water partition coefficient (Wildman–Crippen LogP) is 5.75. The summed E-state index contributed by atoms with van der Waals surface area (Å²) >= 11 is 0. The summed E-state index contributed by atoms with van der Waals surface area (Å²) in [5.74, 6) is -0.185. The van der Waals surface area contributed by atoms with Gasteiger partial charge in [0.15, 0.2) is 0 Å². The van der Waals surface area contributed by atoms with E-state index in [4.69, 9.17) is 9.84 Å². The van der Waals surface area contributed by atoms with Crippen LogP contribution in [0.25, 0.3) is 16.7 Å². The lowest BCUT2D eigenvalue weighted by Crippen LogP contribution is -1.98. The number of carbonyl (C=O) groups is 1. The Morgan fingerprint density at radius 1 is 0.885 bits per heavy atom. The van der Waals surface area contributed by atoms with Gasteiger partial charge in [-0.15, -0.1) is 0 Å². The Hall–Kier alpha value is -2.62. The van der Waals surface area contributed by atoms with Crippen molar-refractivity contribution in [2.24, 2.45) is 0 Å². The molecule has 0 radical (unpaired) electrons. The summed E-state index contributed by atoms with van der Waals surface area (Å²) in [6.45, 7) is 4.01. The third-order valence-corrected chi connectivity index (χ3v) is 4.23. The first kappa shape index (κ1) is 19.7. The van der Waals surface area contributed by atoms with Crippen molar-refractivity contribution in [3.63, 3.8) is 0 Å². The molecule has 0 aliphatic rings. The standard InChI is InChI=1S/C22H25FO3/c1-17(22(24)25)18-7-9-19(10-8-18)20-11-13-21(14-12-20)26-16-6-4-2-3-5-15-23/h7-14H,1-6,15-16H2,(H,24,25). The first-order chi connectivity index (χ1) is 12.6. The summed E-state index contributed by atoms with van der Waals surface area (Å²) in [6, 6.07) is 15.1. The van der Waals surface area contributed by atoms with Crippen LogP contribution in [-0.4, -0.2) is 24.4 Å². The summed E-state index contributed by atoms with van der Waals surface area (Å²) < 4.78 is 17.7. The number of hydrogen-bond acceptors (Lipinski definition) is 2. The lowest BCUT2D eigenvalue weighted by molar-refractivity contribution is -0.130. The lowest BCUT2D eigenvalue weighted by Gasteiger charge is -2.08. The molecule has 0 aromatic heterocycles. The Bertz CT molecular complexity index is 705. The Morgan fingerprint density at radius 3 is 2.00 bits per heavy atom. The van der Waals surface area contributed by atoms with Crippen molar-refractivity contribution in [2.45, 2.75) is 32.1 Å². The van der Waals surface area contributed by atoms with Gasteiger partial charge in [-0.3, -0.25) is 4.39 Å². The molecule has 0 aliphatic carbocycles. The van der Waals surface area contributed by atoms with Crippen LogP contribution in [0.3, 0.4) is 0 Å². The number of ether oxygens (including phenoxy) is 1. The van der Waals surface area contributed by atoms with E-state index in [0.717, 1.165) is 42.6 Å². The molecule has 4 heteroatoms. The van der Waals surface area contributed by atoms with Crippen molar-refractivity contribution in [3.8, 4) is 16.9 Å². The molecule has 3 nitrogen and oxygen atoms in total. The van der Waals surface area contributed by atoms with Gasteiger partial charge in [0.1, 0.15) is 5.75 Å². The molecule has 0 atom stereocenters. The smallest absolute Gasteiger partial charge is 0.335 e.